The van der Waals surface area contributed by atoms with Crippen LogP contribution in [0.2, 0.25) is 0 Å². The molecule has 1 aliphatic rings. The molecule has 1 atom stereocenters. The Morgan fingerprint density at radius 1 is 1.29 bits per heavy atom. The number of ether oxygens (including phenoxy) is 1. The molecule has 148 valence electrons. The third-order valence-corrected chi connectivity index (χ3v) is 5.64. The maximum Gasteiger partial charge on any atom is 0.274 e. The fourth-order valence-electron chi connectivity index (χ4n) is 3.96. The Morgan fingerprint density at radius 2 is 2.11 bits per heavy atom. The van der Waals surface area contributed by atoms with Gasteiger partial charge < -0.3 is 14.2 Å². The van der Waals surface area contributed by atoms with Crippen LogP contribution < -0.4 is 0 Å². The van der Waals surface area contributed by atoms with Crippen LogP contribution in [-0.4, -0.2) is 57.4 Å². The topological polar surface area (TPSA) is 76.0 Å². The summed E-state index contributed by atoms with van der Waals surface area (Å²) >= 11 is 0. The molecule has 28 heavy (non-hydrogen) atoms. The van der Waals surface area contributed by atoms with Crippen molar-refractivity contribution >= 4 is 16.9 Å². The zero-order valence-electron chi connectivity index (χ0n) is 16.7. The molecule has 4 rings (SSSR count). The van der Waals surface area contributed by atoms with Crippen LogP contribution in [0.25, 0.3) is 11.0 Å². The van der Waals surface area contributed by atoms with E-state index in [1.54, 1.807) is 7.11 Å². The summed E-state index contributed by atoms with van der Waals surface area (Å²) in [5.74, 6) is 0.399. The highest BCUT2D eigenvalue weighted by molar-refractivity contribution is 5.92. The van der Waals surface area contributed by atoms with E-state index in [1.165, 1.54) is 11.1 Å². The molecule has 7 nitrogen and oxygen atoms in total. The van der Waals surface area contributed by atoms with Crippen LogP contribution in [0.4, 0.5) is 0 Å². The molecule has 7 heteroatoms. The number of piperidine rings is 1. The van der Waals surface area contributed by atoms with Crippen molar-refractivity contribution < 1.29 is 9.53 Å². The van der Waals surface area contributed by atoms with E-state index >= 15 is 0 Å². The van der Waals surface area contributed by atoms with Crippen LogP contribution in [-0.2, 0) is 11.3 Å². The van der Waals surface area contributed by atoms with Gasteiger partial charge in [-0.15, -0.1) is 0 Å². The standard InChI is InChI=1S/C21H27N5O2/c1-14-7-18-20(8-15(14)2)26(13-22-18)11-17-9-19(24-23-17)21(27)25-6-4-5-16(10-25)12-28-3/h7-9,13,16H,4-6,10-12H2,1-3H3,(H,23,24). The third kappa shape index (κ3) is 3.67. The minimum atomic E-state index is -0.00902. The average molecular weight is 381 g/mol. The summed E-state index contributed by atoms with van der Waals surface area (Å²) in [6, 6.07) is 6.12. The van der Waals surface area contributed by atoms with Crippen molar-refractivity contribution in [2.75, 3.05) is 26.8 Å². The number of imidazole rings is 1. The zero-order chi connectivity index (χ0) is 19.7. The second-order valence-electron chi connectivity index (χ2n) is 7.79. The van der Waals surface area contributed by atoms with Gasteiger partial charge in [0.2, 0.25) is 0 Å². The van der Waals surface area contributed by atoms with Crippen molar-refractivity contribution in [2.24, 2.45) is 5.92 Å². The van der Waals surface area contributed by atoms with E-state index in [-0.39, 0.29) is 5.91 Å². The molecule has 1 amide bonds. The second-order valence-corrected chi connectivity index (χ2v) is 7.79. The van der Waals surface area contributed by atoms with Crippen molar-refractivity contribution in [1.82, 2.24) is 24.6 Å². The molecule has 1 saturated heterocycles. The van der Waals surface area contributed by atoms with E-state index < -0.39 is 0 Å². The van der Waals surface area contributed by atoms with Gasteiger partial charge in [0.15, 0.2) is 0 Å². The minimum absolute atomic E-state index is 0.00902. The first kappa shape index (κ1) is 18.7. The smallest absolute Gasteiger partial charge is 0.274 e. The van der Waals surface area contributed by atoms with E-state index in [0.717, 1.165) is 42.7 Å². The summed E-state index contributed by atoms with van der Waals surface area (Å²) in [6.45, 7) is 7.02. The van der Waals surface area contributed by atoms with Crippen molar-refractivity contribution in [3.05, 3.63) is 47.0 Å². The molecular formula is C21H27N5O2. The quantitative estimate of drug-likeness (QED) is 0.737. The summed E-state index contributed by atoms with van der Waals surface area (Å²) in [5.41, 5.74) is 5.92. The molecule has 0 saturated carbocycles. The predicted octanol–water partition coefficient (Wildman–Crippen LogP) is 2.92. The molecule has 3 aromatic rings. The number of aromatic nitrogens is 4. The fraction of sp³-hybridized carbons (Fsp3) is 0.476. The van der Waals surface area contributed by atoms with Crippen molar-refractivity contribution in [3.63, 3.8) is 0 Å². The number of amides is 1. The molecular weight excluding hydrogens is 354 g/mol. The third-order valence-electron chi connectivity index (χ3n) is 5.64. The van der Waals surface area contributed by atoms with Gasteiger partial charge in [-0.3, -0.25) is 9.89 Å². The lowest BCUT2D eigenvalue weighted by atomic mass is 9.99. The summed E-state index contributed by atoms with van der Waals surface area (Å²) in [4.78, 5) is 19.2. The van der Waals surface area contributed by atoms with Gasteiger partial charge in [0.25, 0.3) is 5.91 Å². The van der Waals surface area contributed by atoms with Gasteiger partial charge >= 0.3 is 0 Å². The Kier molecular flexibility index (Phi) is 5.17. The van der Waals surface area contributed by atoms with E-state index in [0.29, 0.717) is 24.8 Å². The van der Waals surface area contributed by atoms with Crippen LogP contribution in [0, 0.1) is 19.8 Å². The Balaban J connectivity index is 1.49. The maximum absolute atomic E-state index is 12.8. The number of aromatic amines is 1. The maximum atomic E-state index is 12.8. The number of fused-ring (bicyclic) bond motifs is 1. The molecule has 1 N–H and O–H groups in total. The number of methoxy groups -OCH3 is 1. The molecule has 0 radical (unpaired) electrons. The van der Waals surface area contributed by atoms with Crippen LogP contribution in [0.1, 0.15) is 40.2 Å². The van der Waals surface area contributed by atoms with Gasteiger partial charge in [-0.1, -0.05) is 0 Å². The normalized spacial score (nSPS) is 17.4. The highest BCUT2D eigenvalue weighted by Crippen LogP contribution is 2.21. The number of benzene rings is 1. The lowest BCUT2D eigenvalue weighted by Gasteiger charge is -2.31. The fourth-order valence-corrected chi connectivity index (χ4v) is 3.96. The number of carbonyl (C=O) groups is 1. The number of hydrogen-bond acceptors (Lipinski definition) is 4. The van der Waals surface area contributed by atoms with E-state index in [4.69, 9.17) is 4.74 Å². The monoisotopic (exact) mass is 381 g/mol. The number of rotatable bonds is 5. The number of H-pyrrole nitrogens is 1. The summed E-state index contributed by atoms with van der Waals surface area (Å²) in [7, 11) is 1.71. The average Bonchev–Trinajstić information content (AvgIpc) is 3.30. The van der Waals surface area contributed by atoms with Crippen LogP contribution in [0.3, 0.4) is 0 Å². The van der Waals surface area contributed by atoms with Crippen LogP contribution >= 0.6 is 0 Å². The zero-order valence-corrected chi connectivity index (χ0v) is 16.7. The minimum Gasteiger partial charge on any atom is -0.384 e. The highest BCUT2D eigenvalue weighted by Gasteiger charge is 2.26. The SMILES string of the molecule is COCC1CCCN(C(=O)c2cc(Cn3cnc4cc(C)c(C)cc43)[nH]n2)C1. The number of aryl methyl sites for hydroxylation is 2. The highest BCUT2D eigenvalue weighted by atomic mass is 16.5. The van der Waals surface area contributed by atoms with Gasteiger partial charge in [-0.2, -0.15) is 5.10 Å². The number of nitrogens with zero attached hydrogens (tertiary/aromatic N) is 4. The number of hydrogen-bond donors (Lipinski definition) is 1. The Labute approximate surface area is 164 Å². The molecule has 0 bridgehead atoms. The first-order chi connectivity index (χ1) is 13.5. The molecule has 0 aliphatic carbocycles. The Morgan fingerprint density at radius 3 is 2.93 bits per heavy atom. The van der Waals surface area contributed by atoms with Gasteiger partial charge in [-0.25, -0.2) is 4.98 Å². The molecule has 1 aliphatic heterocycles. The first-order valence-corrected chi connectivity index (χ1v) is 9.79. The summed E-state index contributed by atoms with van der Waals surface area (Å²) < 4.78 is 7.34. The number of nitrogens with one attached hydrogen (secondary N) is 1. The largest absolute Gasteiger partial charge is 0.384 e. The Hall–Kier alpha value is -2.67. The van der Waals surface area contributed by atoms with Crippen molar-refractivity contribution in [3.8, 4) is 0 Å². The molecule has 3 heterocycles. The summed E-state index contributed by atoms with van der Waals surface area (Å²) in [6.07, 6.45) is 3.96. The number of carbonyl (C=O) groups excluding carboxylic acids is 1. The van der Waals surface area contributed by atoms with Gasteiger partial charge in [0.1, 0.15) is 5.69 Å². The number of likely N-dealkylation sites (tertiary alicyclic amines) is 1. The molecule has 2 aromatic heterocycles. The van der Waals surface area contributed by atoms with Crippen molar-refractivity contribution in [1.29, 1.82) is 0 Å². The lowest BCUT2D eigenvalue weighted by Crippen LogP contribution is -2.41. The molecule has 1 aromatic carbocycles. The summed E-state index contributed by atoms with van der Waals surface area (Å²) in [5, 5.41) is 7.29. The van der Waals surface area contributed by atoms with E-state index in [9.17, 15) is 4.79 Å². The van der Waals surface area contributed by atoms with Crippen LogP contribution in [0.5, 0.6) is 0 Å². The molecule has 1 fully saturated rings. The van der Waals surface area contributed by atoms with E-state index in [1.807, 2.05) is 17.3 Å². The predicted molar refractivity (Wildman–Crippen MR) is 107 cm³/mol. The van der Waals surface area contributed by atoms with Gasteiger partial charge in [0, 0.05) is 20.2 Å². The first-order valence-electron chi connectivity index (χ1n) is 9.79. The molecule has 0 spiro atoms. The molecule has 1 unspecified atom stereocenters. The Bertz CT molecular complexity index is 988. The van der Waals surface area contributed by atoms with Crippen LogP contribution in [0.15, 0.2) is 24.5 Å². The van der Waals surface area contributed by atoms with Crippen molar-refractivity contribution in [2.45, 2.75) is 33.2 Å². The lowest BCUT2D eigenvalue weighted by molar-refractivity contribution is 0.0565. The van der Waals surface area contributed by atoms with Gasteiger partial charge in [-0.05, 0) is 61.9 Å². The second kappa shape index (κ2) is 7.75. The van der Waals surface area contributed by atoms with Gasteiger partial charge in [0.05, 0.1) is 36.2 Å². The van der Waals surface area contributed by atoms with E-state index in [2.05, 4.69) is 45.7 Å².